The fraction of sp³-hybridized carbons (Fsp3) is 0.167. The lowest BCUT2D eigenvalue weighted by Gasteiger charge is -2.19. The molecule has 0 aromatic heterocycles. The minimum atomic E-state index is -0.807. The second-order valence-electron chi connectivity index (χ2n) is 5.49. The Morgan fingerprint density at radius 1 is 1.04 bits per heavy atom. The van der Waals surface area contributed by atoms with Crippen LogP contribution in [-0.2, 0) is 9.53 Å². The van der Waals surface area contributed by atoms with Gasteiger partial charge in [-0.1, -0.05) is 6.07 Å². The molecule has 2 aromatic carbocycles. The summed E-state index contributed by atoms with van der Waals surface area (Å²) in [6.45, 7) is 0.213. The first-order valence-electron chi connectivity index (χ1n) is 7.98. The van der Waals surface area contributed by atoms with Gasteiger partial charge in [0.25, 0.3) is 5.91 Å². The fourth-order valence-corrected chi connectivity index (χ4v) is 2.29. The Morgan fingerprint density at radius 3 is 2.59 bits per heavy atom. The van der Waals surface area contributed by atoms with Crippen molar-refractivity contribution < 1.29 is 33.7 Å². The van der Waals surface area contributed by atoms with Gasteiger partial charge in [-0.05, 0) is 30.3 Å². The zero-order valence-corrected chi connectivity index (χ0v) is 14.1. The van der Waals surface area contributed by atoms with Gasteiger partial charge in [-0.25, -0.2) is 9.59 Å². The Morgan fingerprint density at radius 2 is 1.81 bits per heavy atom. The molecule has 1 heterocycles. The maximum absolute atomic E-state index is 11.9. The highest BCUT2D eigenvalue weighted by Crippen LogP contribution is 2.32. The van der Waals surface area contributed by atoms with E-state index in [2.05, 4.69) is 5.32 Å². The Kier molecular flexibility index (Phi) is 5.41. The number of hydrogen-bond donors (Lipinski definition) is 3. The van der Waals surface area contributed by atoms with Crippen LogP contribution in [0.15, 0.2) is 42.5 Å². The van der Waals surface area contributed by atoms with Crippen molar-refractivity contribution in [3.63, 3.8) is 0 Å². The molecule has 0 atom stereocenters. The van der Waals surface area contributed by atoms with Crippen molar-refractivity contribution in [2.45, 2.75) is 0 Å². The summed E-state index contributed by atoms with van der Waals surface area (Å²) >= 11 is 0. The average molecular weight is 372 g/mol. The average Bonchev–Trinajstić information content (AvgIpc) is 2.66. The van der Waals surface area contributed by atoms with Gasteiger partial charge in [0, 0.05) is 11.8 Å². The van der Waals surface area contributed by atoms with E-state index < -0.39 is 24.5 Å². The number of phenols is 1. The monoisotopic (exact) mass is 372 g/mol. The number of amides is 3. The van der Waals surface area contributed by atoms with Crippen LogP contribution >= 0.6 is 0 Å². The highest BCUT2D eigenvalue weighted by atomic mass is 16.6. The molecule has 3 amide bonds. The third-order valence-electron chi connectivity index (χ3n) is 3.47. The number of phenolic OH excluding ortho intramolecular Hbond substituents is 1. The summed E-state index contributed by atoms with van der Waals surface area (Å²) in [5, 5.41) is 13.8. The molecule has 9 heteroatoms. The van der Waals surface area contributed by atoms with Crippen molar-refractivity contribution in [3.05, 3.63) is 48.0 Å². The fourth-order valence-electron chi connectivity index (χ4n) is 2.29. The number of hydrogen-bond acceptors (Lipinski definition) is 7. The van der Waals surface area contributed by atoms with Crippen LogP contribution in [0.2, 0.25) is 0 Å². The quantitative estimate of drug-likeness (QED) is 0.698. The van der Waals surface area contributed by atoms with Crippen molar-refractivity contribution in [3.8, 4) is 17.2 Å². The molecule has 0 saturated heterocycles. The lowest BCUT2D eigenvalue weighted by atomic mass is 10.2. The number of esters is 1. The van der Waals surface area contributed by atoms with Gasteiger partial charge in [-0.15, -0.1) is 0 Å². The van der Waals surface area contributed by atoms with Crippen LogP contribution in [0.3, 0.4) is 0 Å². The van der Waals surface area contributed by atoms with E-state index in [1.807, 2.05) is 5.32 Å². The van der Waals surface area contributed by atoms with Crippen LogP contribution in [-0.4, -0.2) is 42.8 Å². The molecule has 2 aromatic rings. The minimum Gasteiger partial charge on any atom is -0.508 e. The number of benzene rings is 2. The number of anilines is 1. The first kappa shape index (κ1) is 18.1. The number of nitrogens with one attached hydrogen (secondary N) is 2. The first-order valence-corrected chi connectivity index (χ1v) is 7.98. The maximum atomic E-state index is 11.9. The van der Waals surface area contributed by atoms with Gasteiger partial charge in [0.05, 0.1) is 5.56 Å². The largest absolute Gasteiger partial charge is 0.508 e. The zero-order chi connectivity index (χ0) is 19.2. The summed E-state index contributed by atoms with van der Waals surface area (Å²) in [5.74, 6) is -0.646. The molecule has 0 bridgehead atoms. The summed E-state index contributed by atoms with van der Waals surface area (Å²) in [5.41, 5.74) is 0.491. The van der Waals surface area contributed by atoms with Crippen molar-refractivity contribution >= 4 is 23.6 Å². The number of rotatable bonds is 4. The van der Waals surface area contributed by atoms with Gasteiger partial charge in [0.2, 0.25) is 0 Å². The first-order chi connectivity index (χ1) is 13.0. The molecule has 0 spiro atoms. The van der Waals surface area contributed by atoms with Crippen molar-refractivity contribution in [2.75, 3.05) is 25.1 Å². The van der Waals surface area contributed by atoms with E-state index in [9.17, 15) is 19.5 Å². The van der Waals surface area contributed by atoms with Crippen LogP contribution in [0.4, 0.5) is 10.5 Å². The van der Waals surface area contributed by atoms with Crippen molar-refractivity contribution in [1.82, 2.24) is 5.32 Å². The molecule has 1 aliphatic heterocycles. The van der Waals surface area contributed by atoms with Crippen LogP contribution < -0.4 is 20.1 Å². The predicted molar refractivity (Wildman–Crippen MR) is 93.0 cm³/mol. The van der Waals surface area contributed by atoms with Gasteiger partial charge < -0.3 is 24.6 Å². The smallest absolute Gasteiger partial charge is 0.338 e. The van der Waals surface area contributed by atoms with E-state index in [1.54, 1.807) is 18.2 Å². The molecule has 0 unspecified atom stereocenters. The zero-order valence-electron chi connectivity index (χ0n) is 14.1. The normalized spacial score (nSPS) is 12.0. The van der Waals surface area contributed by atoms with Crippen LogP contribution in [0.5, 0.6) is 17.2 Å². The lowest BCUT2D eigenvalue weighted by Crippen LogP contribution is -2.37. The Balaban J connectivity index is 1.48. The molecular weight excluding hydrogens is 356 g/mol. The number of imide groups is 1. The van der Waals surface area contributed by atoms with Gasteiger partial charge in [-0.3, -0.25) is 10.1 Å². The summed E-state index contributed by atoms with van der Waals surface area (Å²) in [6, 6.07) is 9.51. The van der Waals surface area contributed by atoms with Crippen LogP contribution in [0.1, 0.15) is 10.4 Å². The number of fused-ring (bicyclic) bond motifs is 1. The molecule has 1 aliphatic rings. The molecule has 0 aliphatic carbocycles. The molecule has 0 radical (unpaired) electrons. The van der Waals surface area contributed by atoms with Gasteiger partial charge in [0.1, 0.15) is 19.0 Å². The Labute approximate surface area is 153 Å². The summed E-state index contributed by atoms with van der Waals surface area (Å²) in [6.07, 6.45) is 0. The van der Waals surface area contributed by atoms with E-state index in [-0.39, 0.29) is 11.3 Å². The van der Waals surface area contributed by atoms with E-state index >= 15 is 0 Å². The summed E-state index contributed by atoms with van der Waals surface area (Å²) in [7, 11) is 0. The number of ether oxygens (including phenoxy) is 3. The molecule has 0 saturated carbocycles. The Hall–Kier alpha value is -3.75. The van der Waals surface area contributed by atoms with E-state index in [0.717, 1.165) is 0 Å². The molecule has 3 rings (SSSR count). The predicted octanol–water partition coefficient (Wildman–Crippen LogP) is 1.67. The topological polar surface area (TPSA) is 123 Å². The highest BCUT2D eigenvalue weighted by molar-refractivity contribution is 6.02. The van der Waals surface area contributed by atoms with Gasteiger partial charge >= 0.3 is 12.0 Å². The van der Waals surface area contributed by atoms with Crippen LogP contribution in [0, 0.1) is 0 Å². The van der Waals surface area contributed by atoms with Crippen molar-refractivity contribution in [2.24, 2.45) is 0 Å². The van der Waals surface area contributed by atoms with E-state index in [1.165, 1.54) is 24.3 Å². The molecular formula is C18H16N2O7. The van der Waals surface area contributed by atoms with Crippen LogP contribution in [0.25, 0.3) is 0 Å². The lowest BCUT2D eigenvalue weighted by molar-refractivity contribution is -0.123. The van der Waals surface area contributed by atoms with Gasteiger partial charge in [-0.2, -0.15) is 0 Å². The highest BCUT2D eigenvalue weighted by Gasteiger charge is 2.15. The minimum absolute atomic E-state index is 0.0866. The third-order valence-corrected chi connectivity index (χ3v) is 3.47. The maximum Gasteiger partial charge on any atom is 0.338 e. The van der Waals surface area contributed by atoms with Gasteiger partial charge in [0.15, 0.2) is 18.1 Å². The summed E-state index contributed by atoms with van der Waals surface area (Å²) in [4.78, 5) is 35.4. The molecule has 9 nitrogen and oxygen atoms in total. The number of carbonyl (C=O) groups is 3. The third kappa shape index (κ3) is 4.88. The second kappa shape index (κ2) is 8.09. The molecule has 0 fully saturated rings. The summed E-state index contributed by atoms with van der Waals surface area (Å²) < 4.78 is 15.6. The van der Waals surface area contributed by atoms with Crippen molar-refractivity contribution in [1.29, 1.82) is 0 Å². The van der Waals surface area contributed by atoms with E-state index in [0.29, 0.717) is 30.4 Å². The molecule has 140 valence electrons. The number of aromatic hydroxyl groups is 1. The number of urea groups is 1. The van der Waals surface area contributed by atoms with E-state index in [4.69, 9.17) is 14.2 Å². The molecule has 27 heavy (non-hydrogen) atoms. The molecule has 3 N–H and O–H groups in total. The standard InChI is InChI=1S/C18H16N2O7/c21-13-3-1-2-11(8-13)17(23)27-10-16(22)20-18(24)19-12-4-5-14-15(9-12)26-7-6-25-14/h1-5,8-9,21H,6-7,10H2,(H2,19,20,22,24). The number of carbonyl (C=O) groups excluding carboxylic acids is 3. The second-order valence-corrected chi connectivity index (χ2v) is 5.49. The Bertz CT molecular complexity index is 882. The SMILES string of the molecule is O=C(COC(=O)c1cccc(O)c1)NC(=O)Nc1ccc2c(c1)OCCO2.